The molecule has 2 aromatic carbocycles. The lowest BCUT2D eigenvalue weighted by atomic mass is 9.95. The van der Waals surface area contributed by atoms with Crippen molar-refractivity contribution in [2.45, 2.75) is 24.2 Å². The number of hydrogen-bond acceptors (Lipinski definition) is 5. The lowest BCUT2D eigenvalue weighted by Gasteiger charge is -2.11. The zero-order valence-corrected chi connectivity index (χ0v) is 19.0. The lowest BCUT2D eigenvalue weighted by Crippen LogP contribution is -2.22. The number of hydroxylamine groups is 2. The van der Waals surface area contributed by atoms with Gasteiger partial charge in [0.1, 0.15) is 0 Å². The molecule has 0 aliphatic rings. The molecule has 1 aromatic heterocycles. The van der Waals surface area contributed by atoms with Crippen molar-refractivity contribution in [3.05, 3.63) is 63.8 Å². The highest BCUT2D eigenvalue weighted by Gasteiger charge is 2.17. The standard InChI is InChI=1S/C22H22ClNO4S2/c1-24(26)21(25)5-3-4-20-22(16-6-10-17(23)11-7-16)19(14-29-20)15-8-12-18(13-9-15)30(2,27)28/h6-14,26H,3-5H2,1-2H3. The minimum absolute atomic E-state index is 0.253. The Morgan fingerprint density at radius 2 is 1.67 bits per heavy atom. The van der Waals surface area contributed by atoms with Crippen LogP contribution >= 0.6 is 22.9 Å². The normalized spacial score (nSPS) is 11.5. The van der Waals surface area contributed by atoms with E-state index in [-0.39, 0.29) is 17.2 Å². The average Bonchev–Trinajstić information content (AvgIpc) is 3.11. The molecule has 0 saturated carbocycles. The van der Waals surface area contributed by atoms with Gasteiger partial charge < -0.3 is 0 Å². The minimum Gasteiger partial charge on any atom is -0.286 e. The maximum absolute atomic E-state index is 11.8. The Balaban J connectivity index is 1.98. The summed E-state index contributed by atoms with van der Waals surface area (Å²) in [6.45, 7) is 0. The van der Waals surface area contributed by atoms with E-state index >= 15 is 0 Å². The van der Waals surface area contributed by atoms with Crippen LogP contribution in [-0.4, -0.2) is 37.9 Å². The third-order valence-electron chi connectivity index (χ3n) is 4.75. The van der Waals surface area contributed by atoms with E-state index in [1.54, 1.807) is 23.5 Å². The molecule has 3 rings (SSSR count). The van der Waals surface area contributed by atoms with Gasteiger partial charge in [-0.2, -0.15) is 0 Å². The summed E-state index contributed by atoms with van der Waals surface area (Å²) >= 11 is 7.66. The van der Waals surface area contributed by atoms with E-state index in [1.165, 1.54) is 13.3 Å². The van der Waals surface area contributed by atoms with Gasteiger partial charge in [-0.3, -0.25) is 10.0 Å². The van der Waals surface area contributed by atoms with E-state index in [4.69, 9.17) is 11.6 Å². The van der Waals surface area contributed by atoms with Gasteiger partial charge in [0.25, 0.3) is 0 Å². The Bertz CT molecular complexity index is 1130. The maximum Gasteiger partial charge on any atom is 0.245 e. The van der Waals surface area contributed by atoms with Gasteiger partial charge >= 0.3 is 0 Å². The van der Waals surface area contributed by atoms with Crippen LogP contribution < -0.4 is 0 Å². The summed E-state index contributed by atoms with van der Waals surface area (Å²) in [5.41, 5.74) is 3.97. The van der Waals surface area contributed by atoms with Crippen LogP contribution in [0.25, 0.3) is 22.3 Å². The number of carbonyl (C=O) groups is 1. The summed E-state index contributed by atoms with van der Waals surface area (Å²) in [5, 5.41) is 12.5. The summed E-state index contributed by atoms with van der Waals surface area (Å²) in [6.07, 6.45) is 2.74. The van der Waals surface area contributed by atoms with Gasteiger partial charge in [0, 0.05) is 40.8 Å². The van der Waals surface area contributed by atoms with Crippen LogP contribution in [0.5, 0.6) is 0 Å². The van der Waals surface area contributed by atoms with Crippen LogP contribution in [0.3, 0.4) is 0 Å². The molecule has 0 saturated heterocycles. The number of thiophene rings is 1. The molecule has 0 unspecified atom stereocenters. The third kappa shape index (κ3) is 5.29. The van der Waals surface area contributed by atoms with Gasteiger partial charge in [-0.1, -0.05) is 35.9 Å². The molecule has 0 aliphatic carbocycles. The van der Waals surface area contributed by atoms with Crippen molar-refractivity contribution in [1.29, 1.82) is 0 Å². The zero-order valence-electron chi connectivity index (χ0n) is 16.6. The van der Waals surface area contributed by atoms with Crippen LogP contribution in [-0.2, 0) is 21.1 Å². The molecule has 0 atom stereocenters. The lowest BCUT2D eigenvalue weighted by molar-refractivity contribution is -0.159. The molecule has 8 heteroatoms. The van der Waals surface area contributed by atoms with Gasteiger partial charge in [-0.25, -0.2) is 13.5 Å². The van der Waals surface area contributed by atoms with Crippen molar-refractivity contribution in [2.24, 2.45) is 0 Å². The molecule has 0 spiro atoms. The molecular weight excluding hydrogens is 442 g/mol. The van der Waals surface area contributed by atoms with Crippen molar-refractivity contribution >= 4 is 38.7 Å². The maximum atomic E-state index is 11.8. The van der Waals surface area contributed by atoms with Crippen molar-refractivity contribution in [2.75, 3.05) is 13.3 Å². The Labute approximate surface area is 185 Å². The van der Waals surface area contributed by atoms with Crippen LogP contribution in [0.15, 0.2) is 58.8 Å². The fourth-order valence-electron chi connectivity index (χ4n) is 3.17. The molecule has 0 radical (unpaired) electrons. The SMILES string of the molecule is CN(O)C(=O)CCCc1scc(-c2ccc(S(C)(=O)=O)cc2)c1-c1ccc(Cl)cc1. The highest BCUT2D eigenvalue weighted by molar-refractivity contribution is 7.90. The molecule has 1 N–H and O–H groups in total. The van der Waals surface area contributed by atoms with E-state index in [2.05, 4.69) is 5.38 Å². The third-order valence-corrected chi connectivity index (χ3v) is 7.18. The molecule has 30 heavy (non-hydrogen) atoms. The summed E-state index contributed by atoms with van der Waals surface area (Å²) in [6, 6.07) is 14.4. The van der Waals surface area contributed by atoms with E-state index in [9.17, 15) is 18.4 Å². The number of amides is 1. The average molecular weight is 464 g/mol. The van der Waals surface area contributed by atoms with Gasteiger partial charge in [-0.15, -0.1) is 11.3 Å². The molecule has 158 valence electrons. The number of hydrogen-bond donors (Lipinski definition) is 1. The number of halogens is 1. The minimum atomic E-state index is -3.26. The topological polar surface area (TPSA) is 74.7 Å². The number of nitrogens with zero attached hydrogens (tertiary/aromatic N) is 1. The fourth-order valence-corrected chi connectivity index (χ4v) is 5.05. The smallest absolute Gasteiger partial charge is 0.245 e. The Kier molecular flexibility index (Phi) is 6.98. The molecule has 1 amide bonds. The first kappa shape index (κ1) is 22.5. The highest BCUT2D eigenvalue weighted by Crippen LogP contribution is 2.40. The highest BCUT2D eigenvalue weighted by atomic mass is 35.5. The number of rotatable bonds is 7. The second-order valence-electron chi connectivity index (χ2n) is 7.02. The van der Waals surface area contributed by atoms with Crippen LogP contribution in [0.2, 0.25) is 5.02 Å². The number of sulfone groups is 1. The van der Waals surface area contributed by atoms with Crippen LogP contribution in [0.1, 0.15) is 17.7 Å². The molecule has 0 aliphatic heterocycles. The van der Waals surface area contributed by atoms with Crippen molar-refractivity contribution < 1.29 is 18.4 Å². The first-order valence-corrected chi connectivity index (χ1v) is 12.4. The van der Waals surface area contributed by atoms with E-state index in [0.717, 1.165) is 27.1 Å². The molecule has 5 nitrogen and oxygen atoms in total. The molecule has 0 fully saturated rings. The zero-order chi connectivity index (χ0) is 21.9. The molecule has 1 heterocycles. The van der Waals surface area contributed by atoms with E-state index in [1.807, 2.05) is 36.4 Å². The number of aryl methyl sites for hydroxylation is 1. The van der Waals surface area contributed by atoms with Gasteiger partial charge in [0.05, 0.1) is 4.90 Å². The number of carbonyl (C=O) groups excluding carboxylic acids is 1. The van der Waals surface area contributed by atoms with E-state index < -0.39 is 9.84 Å². The monoisotopic (exact) mass is 463 g/mol. The van der Waals surface area contributed by atoms with E-state index in [0.29, 0.717) is 22.9 Å². The Hall–Kier alpha value is -2.19. The van der Waals surface area contributed by atoms with Crippen molar-refractivity contribution in [3.8, 4) is 22.3 Å². The Morgan fingerprint density at radius 3 is 2.23 bits per heavy atom. The predicted octanol–water partition coefficient (Wildman–Crippen LogP) is 5.31. The first-order chi connectivity index (χ1) is 14.2. The second kappa shape index (κ2) is 9.31. The van der Waals surface area contributed by atoms with Crippen LogP contribution in [0, 0.1) is 0 Å². The van der Waals surface area contributed by atoms with Crippen molar-refractivity contribution in [3.63, 3.8) is 0 Å². The van der Waals surface area contributed by atoms with Crippen LogP contribution in [0.4, 0.5) is 0 Å². The number of benzene rings is 2. The van der Waals surface area contributed by atoms with Crippen molar-refractivity contribution in [1.82, 2.24) is 5.06 Å². The second-order valence-corrected chi connectivity index (χ2v) is 10.4. The quantitative estimate of drug-likeness (QED) is 0.380. The van der Waals surface area contributed by atoms with Gasteiger partial charge in [-0.05, 0) is 53.6 Å². The fraction of sp³-hybridized carbons (Fsp3) is 0.227. The van der Waals surface area contributed by atoms with Gasteiger partial charge in [0.15, 0.2) is 9.84 Å². The largest absolute Gasteiger partial charge is 0.286 e. The summed E-state index contributed by atoms with van der Waals surface area (Å²) in [7, 11) is -1.93. The Morgan fingerprint density at radius 1 is 1.07 bits per heavy atom. The first-order valence-electron chi connectivity index (χ1n) is 9.29. The summed E-state index contributed by atoms with van der Waals surface area (Å²) in [5.74, 6) is -0.323. The summed E-state index contributed by atoms with van der Waals surface area (Å²) < 4.78 is 23.5. The molecule has 0 bridgehead atoms. The molecular formula is C22H22ClNO4S2. The molecule has 3 aromatic rings. The summed E-state index contributed by atoms with van der Waals surface area (Å²) in [4.78, 5) is 13.1. The predicted molar refractivity (Wildman–Crippen MR) is 121 cm³/mol. The van der Waals surface area contributed by atoms with Gasteiger partial charge in [0.2, 0.25) is 5.91 Å².